The third-order valence-corrected chi connectivity index (χ3v) is 4.50. The van der Waals surface area contributed by atoms with Gasteiger partial charge in [-0.05, 0) is 30.7 Å². The Labute approximate surface area is 126 Å². The highest BCUT2D eigenvalue weighted by Gasteiger charge is 2.12. The van der Waals surface area contributed by atoms with Gasteiger partial charge >= 0.3 is 0 Å². The highest BCUT2D eigenvalue weighted by atomic mass is 32.2. The Morgan fingerprint density at radius 2 is 2.10 bits per heavy atom. The summed E-state index contributed by atoms with van der Waals surface area (Å²) in [7, 11) is -3.12. The van der Waals surface area contributed by atoms with E-state index in [9.17, 15) is 13.2 Å². The molecule has 3 N–H and O–H groups in total. The molecule has 0 fully saturated rings. The number of hydrogen-bond donors (Lipinski definition) is 2. The van der Waals surface area contributed by atoms with E-state index in [-0.39, 0.29) is 0 Å². The topological polar surface area (TPSA) is 92.5 Å². The lowest BCUT2D eigenvalue weighted by molar-refractivity contribution is 0.1000. The minimum atomic E-state index is -3.12. The average molecular weight is 313 g/mol. The number of carbonyl (C=O) groups is 1. The Morgan fingerprint density at radius 1 is 1.38 bits per heavy atom. The van der Waals surface area contributed by atoms with Crippen LogP contribution in [0.4, 0.5) is 0 Å². The molecule has 1 aromatic carbocycles. The summed E-state index contributed by atoms with van der Waals surface area (Å²) in [6, 6.07) is 7.13. The van der Waals surface area contributed by atoms with Gasteiger partial charge in [0.05, 0.1) is 6.26 Å². The summed E-state index contributed by atoms with van der Waals surface area (Å²) >= 11 is 0. The normalized spacial score (nSPS) is 11.8. The summed E-state index contributed by atoms with van der Waals surface area (Å²) in [6.07, 6.45) is 1.95. The van der Waals surface area contributed by atoms with Crippen molar-refractivity contribution in [1.29, 1.82) is 0 Å². The molecule has 0 saturated carbocycles. The first-order chi connectivity index (χ1) is 9.84. The van der Waals surface area contributed by atoms with Crippen molar-refractivity contribution < 1.29 is 13.2 Å². The van der Waals surface area contributed by atoms with Gasteiger partial charge in [0.25, 0.3) is 0 Å². The summed E-state index contributed by atoms with van der Waals surface area (Å²) < 4.78 is 24.3. The smallest absolute Gasteiger partial charge is 0.248 e. The van der Waals surface area contributed by atoms with Crippen LogP contribution in [0.1, 0.15) is 29.3 Å². The molecule has 0 aliphatic carbocycles. The van der Waals surface area contributed by atoms with Crippen LogP contribution >= 0.6 is 0 Å². The van der Waals surface area contributed by atoms with Crippen molar-refractivity contribution in [3.63, 3.8) is 0 Å². The van der Waals surface area contributed by atoms with Gasteiger partial charge in [-0.25, -0.2) is 12.7 Å². The molecule has 0 aliphatic rings. The van der Waals surface area contributed by atoms with E-state index in [0.29, 0.717) is 31.7 Å². The molecule has 0 bridgehead atoms. The molecule has 1 rings (SSSR count). The zero-order valence-corrected chi connectivity index (χ0v) is 13.3. The molecule has 0 aromatic heterocycles. The molecular weight excluding hydrogens is 290 g/mol. The molecule has 0 aliphatic heterocycles. The zero-order chi connectivity index (χ0) is 15.9. The molecule has 0 unspecified atom stereocenters. The van der Waals surface area contributed by atoms with E-state index in [1.54, 1.807) is 18.2 Å². The van der Waals surface area contributed by atoms with Crippen LogP contribution in [0.15, 0.2) is 24.3 Å². The number of nitrogens with one attached hydrogen (secondary N) is 1. The number of nitrogens with zero attached hydrogens (tertiary/aromatic N) is 1. The average Bonchev–Trinajstić information content (AvgIpc) is 2.41. The van der Waals surface area contributed by atoms with Crippen LogP contribution in [0.2, 0.25) is 0 Å². The maximum Gasteiger partial charge on any atom is 0.248 e. The number of rotatable bonds is 9. The molecule has 1 aromatic rings. The third kappa shape index (κ3) is 6.24. The summed E-state index contributed by atoms with van der Waals surface area (Å²) in [5.41, 5.74) is 6.69. The third-order valence-electron chi connectivity index (χ3n) is 3.12. The Hall–Kier alpha value is -1.44. The molecule has 1 amide bonds. The Bertz CT molecular complexity index is 573. The fourth-order valence-electron chi connectivity index (χ4n) is 2.01. The van der Waals surface area contributed by atoms with E-state index in [1.807, 2.05) is 13.0 Å². The first-order valence-electron chi connectivity index (χ1n) is 6.89. The monoisotopic (exact) mass is 313 g/mol. The number of amides is 1. The molecule has 0 spiro atoms. The predicted molar refractivity (Wildman–Crippen MR) is 83.4 cm³/mol. The van der Waals surface area contributed by atoms with Crippen molar-refractivity contribution in [3.8, 4) is 0 Å². The predicted octanol–water partition coefficient (Wildman–Crippen LogP) is 0.547. The molecule has 0 saturated heterocycles. The number of hydrogen-bond acceptors (Lipinski definition) is 4. The van der Waals surface area contributed by atoms with Gasteiger partial charge in [-0.2, -0.15) is 0 Å². The minimum Gasteiger partial charge on any atom is -0.366 e. The fourth-order valence-corrected chi connectivity index (χ4v) is 2.94. The molecule has 0 radical (unpaired) electrons. The van der Waals surface area contributed by atoms with Gasteiger partial charge in [-0.15, -0.1) is 0 Å². The number of primary amides is 1. The van der Waals surface area contributed by atoms with Crippen LogP contribution in [-0.2, 0) is 16.6 Å². The molecule has 0 atom stereocenters. The first-order valence-corrected chi connectivity index (χ1v) is 8.74. The van der Waals surface area contributed by atoms with Crippen LogP contribution < -0.4 is 11.1 Å². The van der Waals surface area contributed by atoms with Crippen molar-refractivity contribution in [1.82, 2.24) is 9.62 Å². The second kappa shape index (κ2) is 8.11. The Balaban J connectivity index is 2.35. The van der Waals surface area contributed by atoms with Crippen LogP contribution in [0.3, 0.4) is 0 Å². The van der Waals surface area contributed by atoms with Gasteiger partial charge < -0.3 is 11.1 Å². The van der Waals surface area contributed by atoms with Crippen LogP contribution in [-0.4, -0.2) is 44.5 Å². The van der Waals surface area contributed by atoms with Crippen molar-refractivity contribution >= 4 is 15.9 Å². The van der Waals surface area contributed by atoms with Gasteiger partial charge in [0.2, 0.25) is 15.9 Å². The quantitative estimate of drug-likeness (QED) is 0.651. The number of benzene rings is 1. The number of sulfonamides is 1. The van der Waals surface area contributed by atoms with E-state index in [2.05, 4.69) is 5.32 Å². The van der Waals surface area contributed by atoms with Gasteiger partial charge in [0.1, 0.15) is 0 Å². The summed E-state index contributed by atoms with van der Waals surface area (Å²) in [4.78, 5) is 11.1. The largest absolute Gasteiger partial charge is 0.366 e. The van der Waals surface area contributed by atoms with E-state index < -0.39 is 15.9 Å². The van der Waals surface area contributed by atoms with Gasteiger partial charge in [0.15, 0.2) is 0 Å². The van der Waals surface area contributed by atoms with Crippen molar-refractivity contribution in [2.75, 3.05) is 25.9 Å². The van der Waals surface area contributed by atoms with E-state index in [4.69, 9.17) is 5.73 Å². The minimum absolute atomic E-state index is 0.441. The van der Waals surface area contributed by atoms with Crippen LogP contribution in [0.5, 0.6) is 0 Å². The second-order valence-corrected chi connectivity index (χ2v) is 6.83. The Kier molecular flexibility index (Phi) is 6.80. The molecular formula is C14H23N3O3S. The van der Waals surface area contributed by atoms with Gasteiger partial charge in [-0.1, -0.05) is 19.1 Å². The Morgan fingerprint density at radius 3 is 2.67 bits per heavy atom. The van der Waals surface area contributed by atoms with Gasteiger partial charge in [-0.3, -0.25) is 4.79 Å². The lowest BCUT2D eigenvalue weighted by Crippen LogP contribution is -2.32. The summed E-state index contributed by atoms with van der Waals surface area (Å²) in [6.45, 7) is 4.13. The van der Waals surface area contributed by atoms with E-state index in [1.165, 1.54) is 10.6 Å². The molecule has 118 valence electrons. The standard InChI is InChI=1S/C14H23N3O3S/c1-3-17(21(2,19)20)9-5-8-16-11-12-6-4-7-13(10-12)14(15)18/h4,6-7,10,16H,3,5,8-9,11H2,1-2H3,(H2,15,18). The highest BCUT2D eigenvalue weighted by molar-refractivity contribution is 7.88. The number of carbonyl (C=O) groups excluding carboxylic acids is 1. The maximum absolute atomic E-state index is 11.4. The van der Waals surface area contributed by atoms with Crippen molar-refractivity contribution in [3.05, 3.63) is 35.4 Å². The van der Waals surface area contributed by atoms with Crippen LogP contribution in [0, 0.1) is 0 Å². The van der Waals surface area contributed by atoms with E-state index >= 15 is 0 Å². The summed E-state index contributed by atoms with van der Waals surface area (Å²) in [5, 5.41) is 3.23. The van der Waals surface area contributed by atoms with Crippen molar-refractivity contribution in [2.24, 2.45) is 5.73 Å². The zero-order valence-electron chi connectivity index (χ0n) is 12.5. The SMILES string of the molecule is CCN(CCCNCc1cccc(C(N)=O)c1)S(C)(=O)=O. The maximum atomic E-state index is 11.4. The molecule has 0 heterocycles. The lowest BCUT2D eigenvalue weighted by Gasteiger charge is -2.17. The summed E-state index contributed by atoms with van der Waals surface area (Å²) in [5.74, 6) is -0.441. The molecule has 7 heteroatoms. The molecule has 6 nitrogen and oxygen atoms in total. The molecule has 21 heavy (non-hydrogen) atoms. The van der Waals surface area contributed by atoms with E-state index in [0.717, 1.165) is 12.0 Å². The highest BCUT2D eigenvalue weighted by Crippen LogP contribution is 2.04. The lowest BCUT2D eigenvalue weighted by atomic mass is 10.1. The van der Waals surface area contributed by atoms with Crippen LogP contribution in [0.25, 0.3) is 0 Å². The fraction of sp³-hybridized carbons (Fsp3) is 0.500. The van der Waals surface area contributed by atoms with Crippen molar-refractivity contribution in [2.45, 2.75) is 19.9 Å². The van der Waals surface area contributed by atoms with Gasteiger partial charge in [0, 0.05) is 25.2 Å². The second-order valence-electron chi connectivity index (χ2n) is 4.85. The number of nitrogens with two attached hydrogens (primary N) is 1. The first kappa shape index (κ1) is 17.6.